The maximum atomic E-state index is 12.4. The van der Waals surface area contributed by atoms with Crippen LogP contribution < -0.4 is 5.32 Å². The van der Waals surface area contributed by atoms with Gasteiger partial charge in [0.15, 0.2) is 0 Å². The lowest BCUT2D eigenvalue weighted by Crippen LogP contribution is -2.15. The Labute approximate surface area is 128 Å². The molecule has 0 atom stereocenters. The maximum absolute atomic E-state index is 12.4. The largest absolute Gasteiger partial charge is 0.321 e. The molecule has 0 aliphatic carbocycles. The van der Waals surface area contributed by atoms with Crippen molar-refractivity contribution in [2.45, 2.75) is 27.7 Å². The van der Waals surface area contributed by atoms with Crippen LogP contribution in [0.15, 0.2) is 34.8 Å². The normalized spacial score (nSPS) is 10.4. The van der Waals surface area contributed by atoms with Crippen LogP contribution in [0.2, 0.25) is 0 Å². The number of hydrogen-bond acceptors (Lipinski definition) is 1. The van der Waals surface area contributed by atoms with Crippen LogP contribution in [-0.2, 0) is 0 Å². The molecule has 0 heterocycles. The lowest BCUT2D eigenvalue weighted by atomic mass is 10.0. The molecule has 2 nitrogen and oxygen atoms in total. The first-order chi connectivity index (χ1) is 9.40. The van der Waals surface area contributed by atoms with Crippen molar-refractivity contribution >= 4 is 27.5 Å². The molecular formula is C17H18BrNO. The zero-order valence-corrected chi connectivity index (χ0v) is 13.8. The molecule has 0 saturated carbocycles. The number of aryl methyl sites for hydroxylation is 3. The summed E-state index contributed by atoms with van der Waals surface area (Å²) in [4.78, 5) is 12.4. The summed E-state index contributed by atoms with van der Waals surface area (Å²) in [6.07, 6.45) is 0. The van der Waals surface area contributed by atoms with Crippen molar-refractivity contribution in [3.05, 3.63) is 62.6 Å². The zero-order valence-electron chi connectivity index (χ0n) is 12.2. The summed E-state index contributed by atoms with van der Waals surface area (Å²) in [5, 5.41) is 3.03. The Balaban J connectivity index is 2.36. The molecule has 1 N–H and O–H groups in total. The summed E-state index contributed by atoms with van der Waals surface area (Å²) in [6.45, 7) is 8.03. The molecule has 2 rings (SSSR count). The maximum Gasteiger partial charge on any atom is 0.255 e. The minimum atomic E-state index is -0.0705. The van der Waals surface area contributed by atoms with Crippen LogP contribution in [0, 0.1) is 27.7 Å². The van der Waals surface area contributed by atoms with Crippen LogP contribution in [0.3, 0.4) is 0 Å². The molecule has 0 unspecified atom stereocenters. The fourth-order valence-electron chi connectivity index (χ4n) is 2.41. The second kappa shape index (κ2) is 5.80. The standard InChI is InChI=1S/C17H18BrNO/c1-10-8-11(2)16(12(3)9-10)19-17(20)14-6-5-7-15(18)13(14)4/h5-9H,1-4H3,(H,19,20). The third-order valence-corrected chi connectivity index (χ3v) is 4.29. The van der Waals surface area contributed by atoms with Gasteiger partial charge in [0.05, 0.1) is 0 Å². The van der Waals surface area contributed by atoms with Crippen molar-refractivity contribution in [2.24, 2.45) is 0 Å². The molecule has 0 bridgehead atoms. The molecule has 3 heteroatoms. The summed E-state index contributed by atoms with van der Waals surface area (Å²) < 4.78 is 0.947. The number of benzene rings is 2. The van der Waals surface area contributed by atoms with E-state index in [2.05, 4.69) is 40.3 Å². The van der Waals surface area contributed by atoms with Gasteiger partial charge in [0.2, 0.25) is 0 Å². The molecule has 1 amide bonds. The third-order valence-electron chi connectivity index (χ3n) is 3.43. The Kier molecular flexibility index (Phi) is 4.29. The molecule has 0 fully saturated rings. The van der Waals surface area contributed by atoms with Gasteiger partial charge in [-0.25, -0.2) is 0 Å². The lowest BCUT2D eigenvalue weighted by molar-refractivity contribution is 0.102. The Morgan fingerprint density at radius 1 is 1.05 bits per heavy atom. The van der Waals surface area contributed by atoms with Crippen LogP contribution >= 0.6 is 15.9 Å². The molecule has 0 spiro atoms. The molecule has 0 aliphatic heterocycles. The van der Waals surface area contributed by atoms with Gasteiger partial charge in [-0.05, 0) is 56.5 Å². The fourth-order valence-corrected chi connectivity index (χ4v) is 2.78. The number of amides is 1. The van der Waals surface area contributed by atoms with Gasteiger partial charge in [0.1, 0.15) is 0 Å². The average Bonchev–Trinajstić information content (AvgIpc) is 2.36. The smallest absolute Gasteiger partial charge is 0.255 e. The summed E-state index contributed by atoms with van der Waals surface area (Å²) >= 11 is 3.46. The highest BCUT2D eigenvalue weighted by Crippen LogP contribution is 2.24. The van der Waals surface area contributed by atoms with Crippen LogP contribution in [-0.4, -0.2) is 5.91 Å². The number of nitrogens with one attached hydrogen (secondary N) is 1. The predicted molar refractivity (Wildman–Crippen MR) is 87.5 cm³/mol. The predicted octanol–water partition coefficient (Wildman–Crippen LogP) is 4.94. The molecule has 0 saturated heterocycles. The van der Waals surface area contributed by atoms with Crippen molar-refractivity contribution < 1.29 is 4.79 Å². The van der Waals surface area contributed by atoms with E-state index in [1.807, 2.05) is 39.0 Å². The van der Waals surface area contributed by atoms with Crippen LogP contribution in [0.25, 0.3) is 0 Å². The van der Waals surface area contributed by atoms with Crippen LogP contribution in [0.4, 0.5) is 5.69 Å². The molecule has 20 heavy (non-hydrogen) atoms. The van der Waals surface area contributed by atoms with E-state index in [9.17, 15) is 4.79 Å². The van der Waals surface area contributed by atoms with Crippen molar-refractivity contribution in [1.29, 1.82) is 0 Å². The molecular weight excluding hydrogens is 314 g/mol. The van der Waals surface area contributed by atoms with Gasteiger partial charge < -0.3 is 5.32 Å². The number of halogens is 1. The lowest BCUT2D eigenvalue weighted by Gasteiger charge is -2.14. The topological polar surface area (TPSA) is 29.1 Å². The highest BCUT2D eigenvalue weighted by Gasteiger charge is 2.13. The van der Waals surface area contributed by atoms with Gasteiger partial charge in [-0.3, -0.25) is 4.79 Å². The highest BCUT2D eigenvalue weighted by molar-refractivity contribution is 9.10. The quantitative estimate of drug-likeness (QED) is 0.830. The fraction of sp³-hybridized carbons (Fsp3) is 0.235. The minimum Gasteiger partial charge on any atom is -0.321 e. The SMILES string of the molecule is Cc1cc(C)c(NC(=O)c2cccc(Br)c2C)c(C)c1. The first-order valence-electron chi connectivity index (χ1n) is 6.54. The first kappa shape index (κ1) is 14.8. The van der Waals surface area contributed by atoms with E-state index in [0.29, 0.717) is 5.56 Å². The van der Waals surface area contributed by atoms with E-state index in [-0.39, 0.29) is 5.91 Å². The Morgan fingerprint density at radius 2 is 1.65 bits per heavy atom. The van der Waals surface area contributed by atoms with E-state index in [1.165, 1.54) is 5.56 Å². The van der Waals surface area contributed by atoms with Crippen molar-refractivity contribution in [3.63, 3.8) is 0 Å². The summed E-state index contributed by atoms with van der Waals surface area (Å²) in [5.41, 5.74) is 5.93. The van der Waals surface area contributed by atoms with Gasteiger partial charge >= 0.3 is 0 Å². The monoisotopic (exact) mass is 331 g/mol. The Hall–Kier alpha value is -1.61. The number of carbonyl (C=O) groups excluding carboxylic acids is 1. The number of rotatable bonds is 2. The number of anilines is 1. The van der Waals surface area contributed by atoms with Gasteiger partial charge in [-0.1, -0.05) is 39.7 Å². The van der Waals surface area contributed by atoms with Gasteiger partial charge in [-0.15, -0.1) is 0 Å². The summed E-state index contributed by atoms with van der Waals surface area (Å²) in [5.74, 6) is -0.0705. The van der Waals surface area contributed by atoms with Crippen LogP contribution in [0.1, 0.15) is 32.6 Å². The number of carbonyl (C=O) groups is 1. The molecule has 2 aromatic carbocycles. The Bertz CT molecular complexity index is 654. The second-order valence-electron chi connectivity index (χ2n) is 5.14. The van der Waals surface area contributed by atoms with E-state index in [4.69, 9.17) is 0 Å². The Morgan fingerprint density at radius 3 is 2.25 bits per heavy atom. The molecule has 0 aromatic heterocycles. The minimum absolute atomic E-state index is 0.0705. The number of hydrogen-bond donors (Lipinski definition) is 1. The van der Waals surface area contributed by atoms with Crippen molar-refractivity contribution in [3.8, 4) is 0 Å². The molecule has 0 radical (unpaired) electrons. The molecule has 0 aliphatic rings. The average molecular weight is 332 g/mol. The second-order valence-corrected chi connectivity index (χ2v) is 5.99. The third kappa shape index (κ3) is 2.93. The zero-order chi connectivity index (χ0) is 14.9. The van der Waals surface area contributed by atoms with E-state index in [0.717, 1.165) is 26.9 Å². The van der Waals surface area contributed by atoms with Crippen molar-refractivity contribution in [1.82, 2.24) is 0 Å². The van der Waals surface area contributed by atoms with Gasteiger partial charge in [0, 0.05) is 15.7 Å². The van der Waals surface area contributed by atoms with Gasteiger partial charge in [0.25, 0.3) is 5.91 Å². The highest BCUT2D eigenvalue weighted by atomic mass is 79.9. The van der Waals surface area contributed by atoms with E-state index < -0.39 is 0 Å². The summed E-state index contributed by atoms with van der Waals surface area (Å²) in [6, 6.07) is 9.82. The van der Waals surface area contributed by atoms with E-state index in [1.54, 1.807) is 0 Å². The van der Waals surface area contributed by atoms with Gasteiger partial charge in [-0.2, -0.15) is 0 Å². The van der Waals surface area contributed by atoms with Crippen LogP contribution in [0.5, 0.6) is 0 Å². The molecule has 104 valence electrons. The van der Waals surface area contributed by atoms with Crippen molar-refractivity contribution in [2.75, 3.05) is 5.32 Å². The molecule has 2 aromatic rings. The first-order valence-corrected chi connectivity index (χ1v) is 7.33. The summed E-state index contributed by atoms with van der Waals surface area (Å²) in [7, 11) is 0. The van der Waals surface area contributed by atoms with E-state index >= 15 is 0 Å².